The maximum Gasteiger partial charge on any atom is 0.202 e. The van der Waals surface area contributed by atoms with Gasteiger partial charge in [-0.15, -0.1) is 0 Å². The average Bonchev–Trinajstić information content (AvgIpc) is 2.60. The van der Waals surface area contributed by atoms with Gasteiger partial charge in [-0.3, -0.25) is 0 Å². The highest BCUT2D eigenvalue weighted by molar-refractivity contribution is 5.27. The molecule has 0 bridgehead atoms. The quantitative estimate of drug-likeness (QED) is 0.808. The molecule has 1 aromatic heterocycles. The van der Waals surface area contributed by atoms with E-state index in [-0.39, 0.29) is 0 Å². The summed E-state index contributed by atoms with van der Waals surface area (Å²) < 4.78 is 2.05. The van der Waals surface area contributed by atoms with Gasteiger partial charge in [-0.2, -0.15) is 0 Å². The molecule has 1 aliphatic rings. The molecule has 3 atom stereocenters. The van der Waals surface area contributed by atoms with E-state index in [4.69, 9.17) is 0 Å². The lowest BCUT2D eigenvalue weighted by Crippen LogP contribution is -2.35. The van der Waals surface area contributed by atoms with E-state index in [1.54, 1.807) is 0 Å². The van der Waals surface area contributed by atoms with Crippen LogP contribution in [0.3, 0.4) is 0 Å². The second kappa shape index (κ2) is 4.25. The van der Waals surface area contributed by atoms with Crippen LogP contribution in [0.4, 0.5) is 5.95 Å². The average molecular weight is 207 g/mol. The smallest absolute Gasteiger partial charge is 0.202 e. The zero-order valence-electron chi connectivity index (χ0n) is 9.90. The molecule has 0 spiro atoms. The number of rotatable bonds is 2. The van der Waals surface area contributed by atoms with Crippen molar-refractivity contribution in [1.29, 1.82) is 0 Å². The molecule has 1 fully saturated rings. The molecule has 84 valence electrons. The van der Waals surface area contributed by atoms with Crippen molar-refractivity contribution in [1.82, 2.24) is 9.55 Å². The lowest BCUT2D eigenvalue weighted by atomic mass is 9.78. The maximum absolute atomic E-state index is 4.32. The van der Waals surface area contributed by atoms with Crippen molar-refractivity contribution in [2.45, 2.75) is 39.2 Å². The molecule has 3 heteroatoms. The number of imidazole rings is 1. The third-order valence-electron chi connectivity index (χ3n) is 3.84. The highest BCUT2D eigenvalue weighted by Gasteiger charge is 2.27. The molecular formula is C12H21N3. The summed E-state index contributed by atoms with van der Waals surface area (Å²) in [6.45, 7) is 4.71. The molecule has 15 heavy (non-hydrogen) atoms. The van der Waals surface area contributed by atoms with Gasteiger partial charge in [-0.25, -0.2) is 4.98 Å². The highest BCUT2D eigenvalue weighted by atomic mass is 15.2. The van der Waals surface area contributed by atoms with Crippen LogP contribution < -0.4 is 5.32 Å². The van der Waals surface area contributed by atoms with Gasteiger partial charge in [0.2, 0.25) is 5.95 Å². The van der Waals surface area contributed by atoms with Crippen molar-refractivity contribution in [2.24, 2.45) is 18.9 Å². The van der Waals surface area contributed by atoms with Crippen molar-refractivity contribution in [3.05, 3.63) is 12.4 Å². The van der Waals surface area contributed by atoms with Crippen LogP contribution >= 0.6 is 0 Å². The second-order valence-electron chi connectivity index (χ2n) is 4.88. The van der Waals surface area contributed by atoms with Crippen molar-refractivity contribution >= 4 is 5.95 Å². The van der Waals surface area contributed by atoms with Crippen LogP contribution in [0.5, 0.6) is 0 Å². The van der Waals surface area contributed by atoms with E-state index in [2.05, 4.69) is 24.1 Å². The minimum Gasteiger partial charge on any atom is -0.353 e. The summed E-state index contributed by atoms with van der Waals surface area (Å²) in [7, 11) is 2.03. The van der Waals surface area contributed by atoms with Crippen LogP contribution in [-0.2, 0) is 7.05 Å². The summed E-state index contributed by atoms with van der Waals surface area (Å²) in [5.74, 6) is 2.58. The fraction of sp³-hybridized carbons (Fsp3) is 0.750. The molecule has 0 aliphatic heterocycles. The molecule has 2 rings (SSSR count). The molecule has 3 unspecified atom stereocenters. The standard InChI is InChI=1S/C12H21N3/c1-9-5-4-6-11(10(9)2)14-12-13-7-8-15(12)3/h7-11H,4-6H2,1-3H3,(H,13,14). The van der Waals surface area contributed by atoms with Crippen LogP contribution in [0.25, 0.3) is 0 Å². The van der Waals surface area contributed by atoms with E-state index < -0.39 is 0 Å². The summed E-state index contributed by atoms with van der Waals surface area (Å²) >= 11 is 0. The Morgan fingerprint density at radius 2 is 2.20 bits per heavy atom. The first-order valence-electron chi connectivity index (χ1n) is 5.92. The predicted octanol–water partition coefficient (Wildman–Crippen LogP) is 2.66. The largest absolute Gasteiger partial charge is 0.353 e. The summed E-state index contributed by atoms with van der Waals surface area (Å²) in [6, 6.07) is 0.592. The number of nitrogens with one attached hydrogen (secondary N) is 1. The van der Waals surface area contributed by atoms with Crippen molar-refractivity contribution < 1.29 is 0 Å². The van der Waals surface area contributed by atoms with E-state index in [1.165, 1.54) is 19.3 Å². The molecule has 0 aromatic carbocycles. The number of aromatic nitrogens is 2. The van der Waals surface area contributed by atoms with Crippen LogP contribution in [0.15, 0.2) is 12.4 Å². The summed E-state index contributed by atoms with van der Waals surface area (Å²) in [4.78, 5) is 4.32. The Kier molecular flexibility index (Phi) is 2.98. The third-order valence-corrected chi connectivity index (χ3v) is 3.84. The Bertz CT molecular complexity index is 318. The third kappa shape index (κ3) is 2.16. The number of aryl methyl sites for hydroxylation is 1. The summed E-state index contributed by atoms with van der Waals surface area (Å²) in [5, 5.41) is 3.56. The Labute approximate surface area is 91.9 Å². The Morgan fingerprint density at radius 1 is 1.40 bits per heavy atom. The maximum atomic E-state index is 4.32. The van der Waals surface area contributed by atoms with Gasteiger partial charge in [0.25, 0.3) is 0 Å². The minimum atomic E-state index is 0.592. The molecule has 1 N–H and O–H groups in total. The molecule has 0 radical (unpaired) electrons. The summed E-state index contributed by atoms with van der Waals surface area (Å²) in [5.41, 5.74) is 0. The molecule has 1 saturated carbocycles. The molecule has 0 amide bonds. The van der Waals surface area contributed by atoms with Crippen molar-refractivity contribution in [3.8, 4) is 0 Å². The van der Waals surface area contributed by atoms with E-state index in [0.29, 0.717) is 6.04 Å². The first kappa shape index (κ1) is 10.5. The highest BCUT2D eigenvalue weighted by Crippen LogP contribution is 2.31. The van der Waals surface area contributed by atoms with Crippen LogP contribution in [0, 0.1) is 11.8 Å². The van der Waals surface area contributed by atoms with Crippen molar-refractivity contribution in [2.75, 3.05) is 5.32 Å². The number of anilines is 1. The number of hydrogen-bond donors (Lipinski definition) is 1. The van der Waals surface area contributed by atoms with Crippen molar-refractivity contribution in [3.63, 3.8) is 0 Å². The van der Waals surface area contributed by atoms with Crippen LogP contribution in [0.1, 0.15) is 33.1 Å². The van der Waals surface area contributed by atoms with Crippen LogP contribution in [-0.4, -0.2) is 15.6 Å². The lowest BCUT2D eigenvalue weighted by Gasteiger charge is -2.34. The van der Waals surface area contributed by atoms with Gasteiger partial charge in [0.05, 0.1) is 0 Å². The summed E-state index contributed by atoms with van der Waals surface area (Å²) in [6.07, 6.45) is 7.82. The fourth-order valence-electron chi connectivity index (χ4n) is 2.46. The lowest BCUT2D eigenvalue weighted by molar-refractivity contribution is 0.252. The molecule has 1 heterocycles. The fourth-order valence-corrected chi connectivity index (χ4v) is 2.46. The van der Waals surface area contributed by atoms with Gasteiger partial charge in [-0.05, 0) is 18.3 Å². The Morgan fingerprint density at radius 3 is 2.87 bits per heavy atom. The zero-order valence-corrected chi connectivity index (χ0v) is 9.90. The second-order valence-corrected chi connectivity index (χ2v) is 4.88. The molecule has 1 aliphatic carbocycles. The van der Waals surface area contributed by atoms with Gasteiger partial charge in [0.1, 0.15) is 0 Å². The minimum absolute atomic E-state index is 0.592. The molecule has 3 nitrogen and oxygen atoms in total. The van der Waals surface area contributed by atoms with Gasteiger partial charge < -0.3 is 9.88 Å². The topological polar surface area (TPSA) is 29.9 Å². The molecule has 0 saturated heterocycles. The number of nitrogens with zero attached hydrogens (tertiary/aromatic N) is 2. The first-order chi connectivity index (χ1) is 7.18. The predicted molar refractivity (Wildman–Crippen MR) is 62.8 cm³/mol. The zero-order chi connectivity index (χ0) is 10.8. The van der Waals surface area contributed by atoms with E-state index >= 15 is 0 Å². The first-order valence-corrected chi connectivity index (χ1v) is 5.92. The molecule has 1 aromatic rings. The number of hydrogen-bond acceptors (Lipinski definition) is 2. The van der Waals surface area contributed by atoms with E-state index in [9.17, 15) is 0 Å². The van der Waals surface area contributed by atoms with E-state index in [1.807, 2.05) is 24.0 Å². The van der Waals surface area contributed by atoms with Gasteiger partial charge in [-0.1, -0.05) is 26.7 Å². The monoisotopic (exact) mass is 207 g/mol. The Balaban J connectivity index is 2.02. The van der Waals surface area contributed by atoms with E-state index in [0.717, 1.165) is 17.8 Å². The Hall–Kier alpha value is -0.990. The van der Waals surface area contributed by atoms with Gasteiger partial charge in [0.15, 0.2) is 0 Å². The normalized spacial score (nSPS) is 31.5. The van der Waals surface area contributed by atoms with Crippen LogP contribution in [0.2, 0.25) is 0 Å². The SMILES string of the molecule is CC1CCCC(Nc2nccn2C)C1C. The van der Waals surface area contributed by atoms with Gasteiger partial charge >= 0.3 is 0 Å². The van der Waals surface area contributed by atoms with Gasteiger partial charge in [0, 0.05) is 25.5 Å². The molecular weight excluding hydrogens is 186 g/mol.